The van der Waals surface area contributed by atoms with Gasteiger partial charge in [-0.2, -0.15) is 13.2 Å². The molecule has 0 atom stereocenters. The van der Waals surface area contributed by atoms with Crippen molar-refractivity contribution in [2.75, 3.05) is 19.9 Å². The van der Waals surface area contributed by atoms with Crippen molar-refractivity contribution in [1.29, 1.82) is 0 Å². The molecule has 0 aromatic heterocycles. The summed E-state index contributed by atoms with van der Waals surface area (Å²) in [5.41, 5.74) is 2.36. The van der Waals surface area contributed by atoms with Crippen molar-refractivity contribution in [2.45, 2.75) is 6.18 Å². The number of carbonyl (C=O) groups is 1. The highest BCUT2D eigenvalue weighted by molar-refractivity contribution is 5.94. The van der Waals surface area contributed by atoms with Crippen LogP contribution < -0.4 is 5.73 Å². The number of anilines is 1. The first-order valence-electron chi connectivity index (χ1n) is 4.67. The fourth-order valence-electron chi connectivity index (χ4n) is 1.24. The lowest BCUT2D eigenvalue weighted by atomic mass is 10.1. The molecule has 100 valence electrons. The zero-order valence-corrected chi connectivity index (χ0v) is 9.51. The summed E-state index contributed by atoms with van der Waals surface area (Å²) in [5.74, 6) is -2.46. The van der Waals surface area contributed by atoms with E-state index in [0.29, 0.717) is 11.1 Å². The number of amides is 1. The van der Waals surface area contributed by atoms with Gasteiger partial charge in [0.2, 0.25) is 0 Å². The van der Waals surface area contributed by atoms with E-state index in [1.54, 1.807) is 0 Å². The standard InChI is InChI=1S/C10H10F4N2O2/c1-16(18-2)9(17)5-3-6(10(12,13)14)8(11)7(15)4-5/h3-4H,15H2,1-2H3. The quantitative estimate of drug-likeness (QED) is 0.506. The molecule has 1 amide bonds. The van der Waals surface area contributed by atoms with Gasteiger partial charge in [-0.3, -0.25) is 9.63 Å². The fourth-order valence-corrected chi connectivity index (χ4v) is 1.24. The Balaban J connectivity index is 3.34. The van der Waals surface area contributed by atoms with E-state index in [1.165, 1.54) is 7.05 Å². The lowest BCUT2D eigenvalue weighted by molar-refractivity contribution is -0.139. The van der Waals surface area contributed by atoms with Crippen LogP contribution in [-0.4, -0.2) is 25.1 Å². The molecule has 0 heterocycles. The van der Waals surface area contributed by atoms with E-state index in [2.05, 4.69) is 4.84 Å². The maximum Gasteiger partial charge on any atom is 0.419 e. The number of hydrogen-bond acceptors (Lipinski definition) is 3. The first-order valence-corrected chi connectivity index (χ1v) is 4.67. The van der Waals surface area contributed by atoms with Gasteiger partial charge in [-0.25, -0.2) is 9.45 Å². The van der Waals surface area contributed by atoms with Crippen LogP contribution in [0.25, 0.3) is 0 Å². The van der Waals surface area contributed by atoms with Gasteiger partial charge >= 0.3 is 6.18 Å². The van der Waals surface area contributed by atoms with Crippen LogP contribution in [0.1, 0.15) is 15.9 Å². The van der Waals surface area contributed by atoms with E-state index >= 15 is 0 Å². The van der Waals surface area contributed by atoms with Crippen LogP contribution in [0.4, 0.5) is 23.2 Å². The molecule has 0 bridgehead atoms. The summed E-state index contributed by atoms with van der Waals surface area (Å²) in [7, 11) is 2.37. The molecule has 2 N–H and O–H groups in total. The number of nitrogens with two attached hydrogens (primary N) is 1. The lowest BCUT2D eigenvalue weighted by Gasteiger charge is -2.16. The smallest absolute Gasteiger partial charge is 0.396 e. The molecule has 18 heavy (non-hydrogen) atoms. The average molecular weight is 266 g/mol. The molecule has 0 spiro atoms. The Bertz CT molecular complexity index is 474. The summed E-state index contributed by atoms with van der Waals surface area (Å²) in [6.07, 6.45) is -4.93. The van der Waals surface area contributed by atoms with Crippen molar-refractivity contribution in [3.63, 3.8) is 0 Å². The summed E-state index contributed by atoms with van der Waals surface area (Å²) in [6, 6.07) is 1.21. The Labute approximate surface area is 99.9 Å². The molecule has 0 fully saturated rings. The molecule has 1 aromatic carbocycles. The van der Waals surface area contributed by atoms with Crippen LogP contribution >= 0.6 is 0 Å². The van der Waals surface area contributed by atoms with Crippen LogP contribution in [0.15, 0.2) is 12.1 Å². The van der Waals surface area contributed by atoms with E-state index in [0.717, 1.165) is 13.2 Å². The Morgan fingerprint density at radius 2 is 1.94 bits per heavy atom. The van der Waals surface area contributed by atoms with Crippen LogP contribution in [0, 0.1) is 5.82 Å². The number of nitrogens with zero attached hydrogens (tertiary/aromatic N) is 1. The minimum atomic E-state index is -4.93. The number of rotatable bonds is 2. The molecule has 8 heteroatoms. The van der Waals surface area contributed by atoms with Crippen molar-refractivity contribution in [1.82, 2.24) is 5.06 Å². The summed E-state index contributed by atoms with van der Waals surface area (Å²) in [4.78, 5) is 16.1. The molecule has 0 aliphatic carbocycles. The van der Waals surface area contributed by atoms with Crippen molar-refractivity contribution < 1.29 is 27.2 Å². The summed E-state index contributed by atoms with van der Waals surface area (Å²) in [6.45, 7) is 0. The highest BCUT2D eigenvalue weighted by Crippen LogP contribution is 2.34. The Morgan fingerprint density at radius 1 is 1.39 bits per heavy atom. The molecule has 0 unspecified atom stereocenters. The summed E-state index contributed by atoms with van der Waals surface area (Å²) in [5, 5.41) is 0.701. The van der Waals surface area contributed by atoms with Gasteiger partial charge in [0.05, 0.1) is 18.4 Å². The van der Waals surface area contributed by atoms with Gasteiger partial charge in [-0.15, -0.1) is 0 Å². The topological polar surface area (TPSA) is 55.6 Å². The molecule has 0 saturated carbocycles. The van der Waals surface area contributed by atoms with Crippen LogP contribution in [0.3, 0.4) is 0 Å². The maximum atomic E-state index is 13.2. The third-order valence-corrected chi connectivity index (χ3v) is 2.21. The molecule has 1 aromatic rings. The van der Waals surface area contributed by atoms with Gasteiger partial charge in [-0.05, 0) is 12.1 Å². The number of benzene rings is 1. The fraction of sp³-hybridized carbons (Fsp3) is 0.300. The average Bonchev–Trinajstić information content (AvgIpc) is 2.28. The number of halogens is 4. The van der Waals surface area contributed by atoms with E-state index in [9.17, 15) is 22.4 Å². The molecule has 0 radical (unpaired) electrons. The number of alkyl halides is 3. The van der Waals surface area contributed by atoms with E-state index in [4.69, 9.17) is 5.73 Å². The molecular weight excluding hydrogens is 256 g/mol. The lowest BCUT2D eigenvalue weighted by Crippen LogP contribution is -2.26. The Kier molecular flexibility index (Phi) is 3.80. The number of carbonyl (C=O) groups excluding carboxylic acids is 1. The summed E-state index contributed by atoms with van der Waals surface area (Å²) < 4.78 is 50.7. The number of nitrogen functional groups attached to an aromatic ring is 1. The minimum absolute atomic E-state index is 0.392. The zero-order chi connectivity index (χ0) is 14.1. The molecule has 0 aliphatic heterocycles. The summed E-state index contributed by atoms with van der Waals surface area (Å²) >= 11 is 0. The van der Waals surface area contributed by atoms with Gasteiger partial charge in [0.1, 0.15) is 0 Å². The van der Waals surface area contributed by atoms with Gasteiger partial charge in [0, 0.05) is 12.6 Å². The molecule has 0 saturated heterocycles. The van der Waals surface area contributed by atoms with Crippen LogP contribution in [-0.2, 0) is 11.0 Å². The van der Waals surface area contributed by atoms with Gasteiger partial charge in [0.15, 0.2) is 5.82 Å². The second-order valence-corrected chi connectivity index (χ2v) is 3.41. The predicted molar refractivity (Wildman–Crippen MR) is 54.9 cm³/mol. The zero-order valence-electron chi connectivity index (χ0n) is 9.51. The molecule has 1 rings (SSSR count). The van der Waals surface area contributed by atoms with Gasteiger partial charge in [-0.1, -0.05) is 0 Å². The first kappa shape index (κ1) is 14.2. The molecule has 0 aliphatic rings. The third-order valence-electron chi connectivity index (χ3n) is 2.21. The first-order chi connectivity index (χ1) is 8.18. The van der Waals surface area contributed by atoms with E-state index in [-0.39, 0.29) is 0 Å². The van der Waals surface area contributed by atoms with Crippen molar-refractivity contribution >= 4 is 11.6 Å². The Morgan fingerprint density at radius 3 is 2.39 bits per heavy atom. The van der Waals surface area contributed by atoms with Crippen LogP contribution in [0.2, 0.25) is 0 Å². The maximum absolute atomic E-state index is 13.2. The third kappa shape index (κ3) is 2.70. The minimum Gasteiger partial charge on any atom is -0.396 e. The second-order valence-electron chi connectivity index (χ2n) is 3.41. The normalized spacial score (nSPS) is 11.4. The molecule has 4 nitrogen and oxygen atoms in total. The van der Waals surface area contributed by atoms with Crippen molar-refractivity contribution in [3.05, 3.63) is 29.1 Å². The van der Waals surface area contributed by atoms with Crippen LogP contribution in [0.5, 0.6) is 0 Å². The molecular formula is C10H10F4N2O2. The number of hydroxylamine groups is 2. The van der Waals surface area contributed by atoms with Crippen molar-refractivity contribution in [3.8, 4) is 0 Å². The highest BCUT2D eigenvalue weighted by atomic mass is 19.4. The van der Waals surface area contributed by atoms with E-state index in [1.807, 2.05) is 0 Å². The van der Waals surface area contributed by atoms with Gasteiger partial charge < -0.3 is 5.73 Å². The largest absolute Gasteiger partial charge is 0.419 e. The van der Waals surface area contributed by atoms with Crippen molar-refractivity contribution in [2.24, 2.45) is 0 Å². The second kappa shape index (κ2) is 4.81. The highest BCUT2D eigenvalue weighted by Gasteiger charge is 2.36. The monoisotopic (exact) mass is 266 g/mol. The van der Waals surface area contributed by atoms with E-state index < -0.39 is 34.7 Å². The predicted octanol–water partition coefficient (Wildman–Crippen LogP) is 2.06. The number of hydrogen-bond donors (Lipinski definition) is 1. The van der Waals surface area contributed by atoms with Gasteiger partial charge in [0.25, 0.3) is 5.91 Å². The Hall–Kier alpha value is -1.83. The SMILES string of the molecule is CON(C)C(=O)c1cc(N)c(F)c(C(F)(F)F)c1.